The zero-order chi connectivity index (χ0) is 8.32. The summed E-state index contributed by atoms with van der Waals surface area (Å²) in [5.74, 6) is 0.556. The summed E-state index contributed by atoms with van der Waals surface area (Å²) in [4.78, 5) is 17.2. The van der Waals surface area contributed by atoms with Crippen molar-refractivity contribution in [2.45, 2.75) is 19.4 Å². The summed E-state index contributed by atoms with van der Waals surface area (Å²) in [5.41, 5.74) is -0.655. The predicted molar refractivity (Wildman–Crippen MR) is 37.7 cm³/mol. The van der Waals surface area contributed by atoms with Gasteiger partial charge < -0.3 is 4.42 Å². The molecule has 0 aliphatic carbocycles. The van der Waals surface area contributed by atoms with Crippen LogP contribution in [0.3, 0.4) is 0 Å². The number of aliphatic imine (C=N–C) groups is 1. The van der Waals surface area contributed by atoms with Crippen LogP contribution in [0.1, 0.15) is 19.6 Å². The molecule has 1 rings (SSSR count). The van der Waals surface area contributed by atoms with E-state index in [9.17, 15) is 4.79 Å². The molecule has 0 fully saturated rings. The zero-order valence-electron chi connectivity index (χ0n) is 6.37. The smallest absolute Gasteiger partial charge is 0.235 e. The first-order valence-corrected chi connectivity index (χ1v) is 3.15. The molecule has 0 saturated heterocycles. The van der Waals surface area contributed by atoms with Gasteiger partial charge in [-0.2, -0.15) is 4.99 Å². The van der Waals surface area contributed by atoms with Gasteiger partial charge in [0.25, 0.3) is 0 Å². The molecule has 0 radical (unpaired) electrons. The van der Waals surface area contributed by atoms with Crippen LogP contribution in [-0.2, 0) is 10.3 Å². The molecule has 0 atom stereocenters. The molecule has 0 amide bonds. The van der Waals surface area contributed by atoms with E-state index in [-0.39, 0.29) is 0 Å². The SMILES string of the molecule is CC(C)(N=C=O)c1cnco1. The lowest BCUT2D eigenvalue weighted by molar-refractivity contribution is 0.393. The first kappa shape index (κ1) is 7.69. The molecule has 4 nitrogen and oxygen atoms in total. The number of oxazole rings is 1. The van der Waals surface area contributed by atoms with Crippen molar-refractivity contribution in [3.05, 3.63) is 18.4 Å². The average Bonchev–Trinajstić information content (AvgIpc) is 2.37. The third-order valence-electron chi connectivity index (χ3n) is 1.36. The van der Waals surface area contributed by atoms with Gasteiger partial charge in [-0.15, -0.1) is 0 Å². The van der Waals surface area contributed by atoms with Gasteiger partial charge in [-0.05, 0) is 13.8 Å². The van der Waals surface area contributed by atoms with Gasteiger partial charge in [-0.25, -0.2) is 9.78 Å². The van der Waals surface area contributed by atoms with Gasteiger partial charge in [0, 0.05) is 0 Å². The summed E-state index contributed by atoms with van der Waals surface area (Å²) in [7, 11) is 0. The Balaban J connectivity index is 2.99. The van der Waals surface area contributed by atoms with Crippen molar-refractivity contribution < 1.29 is 9.21 Å². The summed E-state index contributed by atoms with van der Waals surface area (Å²) in [6, 6.07) is 0. The largest absolute Gasteiger partial charge is 0.446 e. The third-order valence-corrected chi connectivity index (χ3v) is 1.36. The van der Waals surface area contributed by atoms with Gasteiger partial charge in [-0.1, -0.05) is 0 Å². The van der Waals surface area contributed by atoms with Crippen LogP contribution in [0.5, 0.6) is 0 Å². The van der Waals surface area contributed by atoms with Crippen molar-refractivity contribution in [1.29, 1.82) is 0 Å². The van der Waals surface area contributed by atoms with E-state index in [0.717, 1.165) is 0 Å². The van der Waals surface area contributed by atoms with Gasteiger partial charge >= 0.3 is 0 Å². The van der Waals surface area contributed by atoms with Crippen molar-refractivity contribution in [2.75, 3.05) is 0 Å². The molecule has 0 saturated carbocycles. The Hall–Kier alpha value is -1.41. The third kappa shape index (κ3) is 1.53. The molecule has 0 bridgehead atoms. The maximum atomic E-state index is 9.96. The van der Waals surface area contributed by atoms with E-state index in [1.807, 2.05) is 0 Å². The molecule has 1 aromatic rings. The number of nitrogens with zero attached hydrogens (tertiary/aromatic N) is 2. The topological polar surface area (TPSA) is 55.5 Å². The Morgan fingerprint density at radius 1 is 1.73 bits per heavy atom. The Morgan fingerprint density at radius 2 is 2.45 bits per heavy atom. The monoisotopic (exact) mass is 152 g/mol. The summed E-state index contributed by atoms with van der Waals surface area (Å²) < 4.78 is 4.97. The van der Waals surface area contributed by atoms with Crippen molar-refractivity contribution in [1.82, 2.24) is 4.98 Å². The quantitative estimate of drug-likeness (QED) is 0.473. The molecule has 0 aliphatic heterocycles. The second-order valence-corrected chi connectivity index (χ2v) is 2.63. The molecule has 0 spiro atoms. The van der Waals surface area contributed by atoms with Crippen LogP contribution in [0, 0.1) is 0 Å². The minimum atomic E-state index is -0.655. The molecular formula is C7H8N2O2. The fraction of sp³-hybridized carbons (Fsp3) is 0.429. The molecule has 0 aromatic carbocycles. The van der Waals surface area contributed by atoms with E-state index in [0.29, 0.717) is 5.76 Å². The van der Waals surface area contributed by atoms with Gasteiger partial charge in [0.05, 0.1) is 6.20 Å². The van der Waals surface area contributed by atoms with Crippen LogP contribution < -0.4 is 0 Å². The number of rotatable bonds is 2. The summed E-state index contributed by atoms with van der Waals surface area (Å²) in [6.45, 7) is 3.50. The zero-order valence-corrected chi connectivity index (χ0v) is 6.37. The van der Waals surface area contributed by atoms with E-state index in [2.05, 4.69) is 9.98 Å². The minimum absolute atomic E-state index is 0.556. The molecular weight excluding hydrogens is 144 g/mol. The highest BCUT2D eigenvalue weighted by Gasteiger charge is 2.22. The van der Waals surface area contributed by atoms with Crippen LogP contribution >= 0.6 is 0 Å². The van der Waals surface area contributed by atoms with Crippen molar-refractivity contribution in [3.63, 3.8) is 0 Å². The highest BCUT2D eigenvalue weighted by Crippen LogP contribution is 2.22. The first-order chi connectivity index (χ1) is 5.17. The van der Waals surface area contributed by atoms with E-state index in [1.165, 1.54) is 18.7 Å². The fourth-order valence-electron chi connectivity index (χ4n) is 0.687. The summed E-state index contributed by atoms with van der Waals surface area (Å²) in [6.07, 6.45) is 4.32. The van der Waals surface area contributed by atoms with E-state index < -0.39 is 5.54 Å². The van der Waals surface area contributed by atoms with E-state index in [1.54, 1.807) is 13.8 Å². The molecule has 11 heavy (non-hydrogen) atoms. The van der Waals surface area contributed by atoms with Gasteiger partial charge in [0.2, 0.25) is 6.08 Å². The molecule has 58 valence electrons. The second kappa shape index (κ2) is 2.68. The number of isocyanates is 1. The highest BCUT2D eigenvalue weighted by atomic mass is 16.3. The standard InChI is InChI=1S/C7H8N2O2/c1-7(2,9-4-10)6-3-8-5-11-6/h3,5H,1-2H3. The highest BCUT2D eigenvalue weighted by molar-refractivity contribution is 5.35. The lowest BCUT2D eigenvalue weighted by Crippen LogP contribution is -2.11. The molecule has 1 aromatic heterocycles. The van der Waals surface area contributed by atoms with Gasteiger partial charge in [0.15, 0.2) is 12.2 Å². The van der Waals surface area contributed by atoms with Crippen molar-refractivity contribution in [3.8, 4) is 0 Å². The number of hydrogen-bond acceptors (Lipinski definition) is 4. The number of aromatic nitrogens is 1. The van der Waals surface area contributed by atoms with Crippen LogP contribution in [0.4, 0.5) is 0 Å². The lowest BCUT2D eigenvalue weighted by atomic mass is 10.0. The van der Waals surface area contributed by atoms with Crippen molar-refractivity contribution in [2.24, 2.45) is 4.99 Å². The molecule has 0 unspecified atom stereocenters. The Labute approximate surface area is 64.0 Å². The molecule has 0 N–H and O–H groups in total. The lowest BCUT2D eigenvalue weighted by Gasteiger charge is -2.11. The average molecular weight is 152 g/mol. The van der Waals surface area contributed by atoms with E-state index >= 15 is 0 Å². The maximum Gasteiger partial charge on any atom is 0.235 e. The maximum absolute atomic E-state index is 9.96. The fourth-order valence-corrected chi connectivity index (χ4v) is 0.687. The minimum Gasteiger partial charge on any atom is -0.446 e. The summed E-state index contributed by atoms with van der Waals surface area (Å²) in [5, 5.41) is 0. The van der Waals surface area contributed by atoms with Crippen LogP contribution in [-0.4, -0.2) is 11.1 Å². The van der Waals surface area contributed by atoms with Gasteiger partial charge in [0.1, 0.15) is 5.54 Å². The Morgan fingerprint density at radius 3 is 2.91 bits per heavy atom. The van der Waals surface area contributed by atoms with Crippen molar-refractivity contribution >= 4 is 6.08 Å². The van der Waals surface area contributed by atoms with Gasteiger partial charge in [-0.3, -0.25) is 0 Å². The Bertz CT molecular complexity index is 271. The number of hydrogen-bond donors (Lipinski definition) is 0. The second-order valence-electron chi connectivity index (χ2n) is 2.63. The molecule has 1 heterocycles. The molecule has 0 aliphatic rings. The van der Waals surface area contributed by atoms with Crippen LogP contribution in [0.15, 0.2) is 22.0 Å². The van der Waals surface area contributed by atoms with Crippen LogP contribution in [0.25, 0.3) is 0 Å². The Kier molecular flexibility index (Phi) is 1.87. The number of carbonyl (C=O) groups excluding carboxylic acids is 1. The van der Waals surface area contributed by atoms with Crippen LogP contribution in [0.2, 0.25) is 0 Å². The molecule has 4 heteroatoms. The summed E-state index contributed by atoms with van der Waals surface area (Å²) >= 11 is 0. The first-order valence-electron chi connectivity index (χ1n) is 3.15. The normalized spacial score (nSPS) is 10.7. The predicted octanol–water partition coefficient (Wildman–Crippen LogP) is 1.25. The van der Waals surface area contributed by atoms with E-state index in [4.69, 9.17) is 4.42 Å².